The molecule has 1 unspecified atom stereocenters. The highest BCUT2D eigenvalue weighted by atomic mass is 32.2. The van der Waals surface area contributed by atoms with Crippen LogP contribution in [-0.4, -0.2) is 32.4 Å². The van der Waals surface area contributed by atoms with Crippen molar-refractivity contribution in [2.45, 2.75) is 23.0 Å². The Morgan fingerprint density at radius 1 is 1.37 bits per heavy atom. The van der Waals surface area contributed by atoms with Gasteiger partial charge in [-0.25, -0.2) is 13.6 Å². The number of hydrogen-bond acceptors (Lipinski definition) is 4. The van der Waals surface area contributed by atoms with Crippen LogP contribution < -0.4 is 10.0 Å². The number of thioether (sulfide) groups is 1. The molecule has 1 aromatic carbocycles. The lowest BCUT2D eigenvalue weighted by Gasteiger charge is -2.20. The van der Waals surface area contributed by atoms with Crippen molar-refractivity contribution in [2.75, 3.05) is 17.7 Å². The Bertz CT molecular complexity index is 563. The van der Waals surface area contributed by atoms with Gasteiger partial charge in [0.2, 0.25) is 15.9 Å². The van der Waals surface area contributed by atoms with Crippen LogP contribution in [0.4, 0.5) is 5.69 Å². The third-order valence-electron chi connectivity index (χ3n) is 3.09. The summed E-state index contributed by atoms with van der Waals surface area (Å²) in [5.74, 6) is 1.08. The molecule has 2 N–H and O–H groups in total. The summed E-state index contributed by atoms with van der Waals surface area (Å²) in [6, 6.07) is 6.01. The molecular weight excluding hydrogens is 284 g/mol. The van der Waals surface area contributed by atoms with Crippen LogP contribution in [0.5, 0.6) is 0 Å². The zero-order chi connectivity index (χ0) is 14.0. The van der Waals surface area contributed by atoms with Crippen molar-refractivity contribution in [1.29, 1.82) is 0 Å². The fraction of sp³-hybridized carbons (Fsp3) is 0.417. The fourth-order valence-electron chi connectivity index (χ4n) is 1.98. The van der Waals surface area contributed by atoms with E-state index in [-0.39, 0.29) is 16.1 Å². The molecule has 19 heavy (non-hydrogen) atoms. The van der Waals surface area contributed by atoms with E-state index in [9.17, 15) is 13.2 Å². The molecule has 1 fully saturated rings. The Labute approximate surface area is 117 Å². The van der Waals surface area contributed by atoms with Crippen LogP contribution in [0.1, 0.15) is 12.8 Å². The summed E-state index contributed by atoms with van der Waals surface area (Å²) < 4.78 is 22.3. The minimum Gasteiger partial charge on any atom is -0.315 e. The normalized spacial score (nSPS) is 19.4. The number of hydrogen-bond donors (Lipinski definition) is 1. The second kappa shape index (κ2) is 5.52. The summed E-state index contributed by atoms with van der Waals surface area (Å²) in [5, 5.41) is 5.05. The fourth-order valence-corrected chi connectivity index (χ4v) is 3.74. The predicted octanol–water partition coefficient (Wildman–Crippen LogP) is 1.19. The number of sulfonamides is 1. The zero-order valence-electron chi connectivity index (χ0n) is 10.6. The number of anilines is 1. The molecule has 0 radical (unpaired) electrons. The quantitative estimate of drug-likeness (QED) is 0.909. The van der Waals surface area contributed by atoms with Crippen molar-refractivity contribution in [3.63, 3.8) is 0 Å². The molecule has 0 aliphatic carbocycles. The summed E-state index contributed by atoms with van der Waals surface area (Å²) in [5.41, 5.74) is 0.671. The average molecular weight is 300 g/mol. The molecule has 5 nitrogen and oxygen atoms in total. The van der Waals surface area contributed by atoms with Gasteiger partial charge in [0.1, 0.15) is 0 Å². The Hall–Kier alpha value is -1.05. The van der Waals surface area contributed by atoms with E-state index in [0.717, 1.165) is 18.6 Å². The van der Waals surface area contributed by atoms with Crippen LogP contribution in [0.3, 0.4) is 0 Å². The van der Waals surface area contributed by atoms with Gasteiger partial charge in [0.15, 0.2) is 0 Å². The number of primary sulfonamides is 1. The van der Waals surface area contributed by atoms with E-state index >= 15 is 0 Å². The van der Waals surface area contributed by atoms with Crippen molar-refractivity contribution >= 4 is 33.4 Å². The first-order valence-corrected chi connectivity index (χ1v) is 8.51. The zero-order valence-corrected chi connectivity index (χ0v) is 12.2. The van der Waals surface area contributed by atoms with E-state index in [1.807, 2.05) is 0 Å². The van der Waals surface area contributed by atoms with Crippen LogP contribution in [0.25, 0.3) is 0 Å². The van der Waals surface area contributed by atoms with Gasteiger partial charge in [-0.2, -0.15) is 0 Å². The Kier molecular flexibility index (Phi) is 4.17. The number of nitrogens with two attached hydrogens (primary N) is 1. The van der Waals surface area contributed by atoms with Crippen LogP contribution in [0.15, 0.2) is 29.2 Å². The first kappa shape index (κ1) is 14.4. The highest BCUT2D eigenvalue weighted by Crippen LogP contribution is 2.29. The molecule has 0 aromatic heterocycles. The first-order valence-electron chi connectivity index (χ1n) is 5.91. The van der Waals surface area contributed by atoms with Crippen molar-refractivity contribution < 1.29 is 13.2 Å². The van der Waals surface area contributed by atoms with Crippen molar-refractivity contribution in [3.05, 3.63) is 24.3 Å². The largest absolute Gasteiger partial charge is 0.315 e. The van der Waals surface area contributed by atoms with Crippen LogP contribution in [0, 0.1) is 0 Å². The monoisotopic (exact) mass is 300 g/mol. The van der Waals surface area contributed by atoms with E-state index in [4.69, 9.17) is 5.14 Å². The minimum atomic E-state index is -3.69. The molecule has 2 rings (SSSR count). The number of amides is 1. The summed E-state index contributed by atoms with van der Waals surface area (Å²) in [7, 11) is -1.99. The maximum Gasteiger partial charge on any atom is 0.239 e. The standard InChI is InChI=1S/C12H16N2O3S2/c1-14(12(15)11-3-2-8-18-11)9-4-6-10(7-5-9)19(13,16)17/h4-7,11H,2-3,8H2,1H3,(H2,13,16,17). The second-order valence-electron chi connectivity index (χ2n) is 4.44. The Morgan fingerprint density at radius 3 is 2.47 bits per heavy atom. The van der Waals surface area contributed by atoms with Gasteiger partial charge >= 0.3 is 0 Å². The van der Waals surface area contributed by atoms with Crippen molar-refractivity contribution in [2.24, 2.45) is 5.14 Å². The lowest BCUT2D eigenvalue weighted by atomic mass is 10.2. The van der Waals surface area contributed by atoms with E-state index in [2.05, 4.69) is 0 Å². The summed E-state index contributed by atoms with van der Waals surface area (Å²) in [6.45, 7) is 0. The maximum atomic E-state index is 12.2. The third-order valence-corrected chi connectivity index (χ3v) is 5.38. The van der Waals surface area contributed by atoms with Crippen molar-refractivity contribution in [3.8, 4) is 0 Å². The van der Waals surface area contributed by atoms with Gasteiger partial charge in [0.25, 0.3) is 0 Å². The molecular formula is C12H16N2O3S2. The summed E-state index contributed by atoms with van der Waals surface area (Å²) >= 11 is 1.67. The number of carbonyl (C=O) groups excluding carboxylic acids is 1. The van der Waals surface area contributed by atoms with Gasteiger partial charge < -0.3 is 4.90 Å². The van der Waals surface area contributed by atoms with E-state index in [1.54, 1.807) is 35.8 Å². The SMILES string of the molecule is CN(C(=O)C1CCCS1)c1ccc(S(N)(=O)=O)cc1. The molecule has 1 aromatic rings. The van der Waals surface area contributed by atoms with E-state index in [0.29, 0.717) is 5.69 Å². The highest BCUT2D eigenvalue weighted by molar-refractivity contribution is 8.00. The van der Waals surface area contributed by atoms with Crippen LogP contribution in [-0.2, 0) is 14.8 Å². The smallest absolute Gasteiger partial charge is 0.239 e. The molecule has 7 heteroatoms. The van der Waals surface area contributed by atoms with E-state index < -0.39 is 10.0 Å². The minimum absolute atomic E-state index is 0.0166. The molecule has 104 valence electrons. The molecule has 1 heterocycles. The van der Waals surface area contributed by atoms with Crippen LogP contribution >= 0.6 is 11.8 Å². The Morgan fingerprint density at radius 2 is 2.00 bits per heavy atom. The molecule has 1 amide bonds. The second-order valence-corrected chi connectivity index (χ2v) is 7.31. The third kappa shape index (κ3) is 3.29. The first-order chi connectivity index (χ1) is 8.89. The highest BCUT2D eigenvalue weighted by Gasteiger charge is 2.26. The lowest BCUT2D eigenvalue weighted by Crippen LogP contribution is -2.33. The molecule has 1 saturated heterocycles. The maximum absolute atomic E-state index is 12.2. The summed E-state index contributed by atoms with van der Waals surface area (Å²) in [6.07, 6.45) is 1.97. The predicted molar refractivity (Wildman–Crippen MR) is 76.7 cm³/mol. The molecule has 0 spiro atoms. The molecule has 0 bridgehead atoms. The number of benzene rings is 1. The van der Waals surface area contributed by atoms with E-state index in [1.165, 1.54) is 12.1 Å². The Balaban J connectivity index is 2.15. The van der Waals surface area contributed by atoms with Gasteiger partial charge in [-0.1, -0.05) is 0 Å². The number of rotatable bonds is 3. The number of nitrogens with zero attached hydrogens (tertiary/aromatic N) is 1. The molecule has 1 aliphatic heterocycles. The molecule has 0 saturated carbocycles. The van der Waals surface area contributed by atoms with Gasteiger partial charge in [-0.05, 0) is 42.9 Å². The summed E-state index contributed by atoms with van der Waals surface area (Å²) in [4.78, 5) is 13.8. The van der Waals surface area contributed by atoms with Crippen LogP contribution in [0.2, 0.25) is 0 Å². The number of carbonyl (C=O) groups is 1. The molecule has 1 aliphatic rings. The van der Waals surface area contributed by atoms with Gasteiger partial charge in [0, 0.05) is 12.7 Å². The lowest BCUT2D eigenvalue weighted by molar-refractivity contribution is -0.117. The van der Waals surface area contributed by atoms with Gasteiger partial charge in [0.05, 0.1) is 10.1 Å². The molecule has 1 atom stereocenters. The topological polar surface area (TPSA) is 80.5 Å². The average Bonchev–Trinajstić information content (AvgIpc) is 2.90. The van der Waals surface area contributed by atoms with Gasteiger partial charge in [-0.3, -0.25) is 4.79 Å². The van der Waals surface area contributed by atoms with Gasteiger partial charge in [-0.15, -0.1) is 11.8 Å². The van der Waals surface area contributed by atoms with Crippen molar-refractivity contribution in [1.82, 2.24) is 0 Å².